The molecule has 2 N–H and O–H groups in total. The Morgan fingerprint density at radius 3 is 2.60 bits per heavy atom. The summed E-state index contributed by atoms with van der Waals surface area (Å²) in [5, 5.41) is 7.25. The van der Waals surface area contributed by atoms with Crippen molar-refractivity contribution in [3.63, 3.8) is 0 Å². The Morgan fingerprint density at radius 2 is 1.86 bits per heavy atom. The Kier molecular flexibility index (Phi) is 5.69. The lowest BCUT2D eigenvalue weighted by molar-refractivity contribution is 0.385. The monoisotopic (exact) mass is 516 g/mol. The molecule has 178 valence electrons. The first-order valence-corrected chi connectivity index (χ1v) is 12.1. The van der Waals surface area contributed by atoms with E-state index >= 15 is 8.78 Å². The third-order valence-electron chi connectivity index (χ3n) is 5.29. The molecule has 0 saturated carbocycles. The Morgan fingerprint density at radius 1 is 1.06 bits per heavy atom. The first-order chi connectivity index (χ1) is 16.8. The molecule has 0 unspecified atom stereocenters. The summed E-state index contributed by atoms with van der Waals surface area (Å²) in [7, 11) is -2.91. The van der Waals surface area contributed by atoms with Crippen molar-refractivity contribution in [1.29, 1.82) is 0 Å². The van der Waals surface area contributed by atoms with Crippen LogP contribution in [0.4, 0.5) is 8.78 Å². The molecule has 9 nitrogen and oxygen atoms in total. The Hall–Kier alpha value is -3.90. The number of nitrogens with zero attached hydrogens (tertiary/aromatic N) is 4. The van der Waals surface area contributed by atoms with Gasteiger partial charge in [0.2, 0.25) is 5.88 Å². The number of halogens is 3. The van der Waals surface area contributed by atoms with Gasteiger partial charge in [0.05, 0.1) is 17.8 Å². The minimum atomic E-state index is -4.16. The van der Waals surface area contributed by atoms with Gasteiger partial charge in [0.15, 0.2) is 27.3 Å². The summed E-state index contributed by atoms with van der Waals surface area (Å²) in [5.74, 6) is -2.30. The standard InChI is InChI=1S/C22H15ClF2N6O3S/c1-34-22-16(8-11(23)9-29-22)35(32,33)10-15-17(24)13(4-5-26-15)12-2-3-14-19(18(12)25)30-31-20(14)21-27-6-7-28-21/h2-9H,10H2,1H3,(H,27,28)(H,30,31). The highest BCUT2D eigenvalue weighted by atomic mass is 35.5. The zero-order chi connectivity index (χ0) is 24.7. The number of pyridine rings is 2. The molecule has 0 saturated heterocycles. The van der Waals surface area contributed by atoms with Gasteiger partial charge < -0.3 is 9.72 Å². The number of ether oxygens (including phenoxy) is 1. The van der Waals surface area contributed by atoms with Crippen LogP contribution in [0, 0.1) is 11.6 Å². The first-order valence-electron chi connectivity index (χ1n) is 10.0. The van der Waals surface area contributed by atoms with Crippen molar-refractivity contribution in [1.82, 2.24) is 30.1 Å². The largest absolute Gasteiger partial charge is 0.480 e. The van der Waals surface area contributed by atoms with Crippen molar-refractivity contribution < 1.29 is 21.9 Å². The van der Waals surface area contributed by atoms with Gasteiger partial charge in [0.25, 0.3) is 0 Å². The third-order valence-corrected chi connectivity index (χ3v) is 7.11. The van der Waals surface area contributed by atoms with Gasteiger partial charge in [0.1, 0.15) is 21.9 Å². The third kappa shape index (κ3) is 4.00. The van der Waals surface area contributed by atoms with Crippen LogP contribution in [0.15, 0.2) is 53.9 Å². The molecule has 0 atom stereocenters. The van der Waals surface area contributed by atoms with E-state index in [1.54, 1.807) is 18.5 Å². The van der Waals surface area contributed by atoms with Crippen molar-refractivity contribution in [3.8, 4) is 28.5 Å². The van der Waals surface area contributed by atoms with Crippen LogP contribution < -0.4 is 4.74 Å². The van der Waals surface area contributed by atoms with Crippen molar-refractivity contribution in [2.75, 3.05) is 7.11 Å². The van der Waals surface area contributed by atoms with Crippen LogP contribution in [-0.4, -0.2) is 45.7 Å². The maximum Gasteiger partial charge on any atom is 0.232 e. The van der Waals surface area contributed by atoms with Gasteiger partial charge >= 0.3 is 0 Å². The van der Waals surface area contributed by atoms with Gasteiger partial charge in [-0.2, -0.15) is 5.10 Å². The molecule has 0 aliphatic carbocycles. The van der Waals surface area contributed by atoms with Gasteiger partial charge in [-0.1, -0.05) is 17.7 Å². The second kappa shape index (κ2) is 8.71. The summed E-state index contributed by atoms with van der Waals surface area (Å²) in [6.45, 7) is 0. The molecule has 13 heteroatoms. The molecule has 4 aromatic heterocycles. The molecule has 0 fully saturated rings. The van der Waals surface area contributed by atoms with Gasteiger partial charge in [-0.15, -0.1) is 0 Å². The van der Waals surface area contributed by atoms with E-state index in [1.165, 1.54) is 31.6 Å². The molecule has 1 aromatic carbocycles. The van der Waals surface area contributed by atoms with Crippen LogP contribution in [0.2, 0.25) is 5.02 Å². The number of H-pyrrole nitrogens is 2. The number of sulfone groups is 1. The van der Waals surface area contributed by atoms with Crippen molar-refractivity contribution >= 4 is 32.3 Å². The second-order valence-electron chi connectivity index (χ2n) is 7.40. The molecule has 5 aromatic rings. The fourth-order valence-corrected chi connectivity index (χ4v) is 5.32. The highest BCUT2D eigenvalue weighted by Crippen LogP contribution is 2.34. The predicted molar refractivity (Wildman–Crippen MR) is 124 cm³/mol. The summed E-state index contributed by atoms with van der Waals surface area (Å²) < 4.78 is 61.9. The molecule has 35 heavy (non-hydrogen) atoms. The molecular weight excluding hydrogens is 502 g/mol. The van der Waals surface area contributed by atoms with Crippen LogP contribution in [-0.2, 0) is 15.6 Å². The highest BCUT2D eigenvalue weighted by Gasteiger charge is 2.26. The van der Waals surface area contributed by atoms with Crippen molar-refractivity contribution in [2.45, 2.75) is 10.6 Å². The minimum Gasteiger partial charge on any atom is -0.480 e. The lowest BCUT2D eigenvalue weighted by Crippen LogP contribution is -2.11. The average molecular weight is 517 g/mol. The smallest absolute Gasteiger partial charge is 0.232 e. The number of benzene rings is 1. The summed E-state index contributed by atoms with van der Waals surface area (Å²) in [5.41, 5.74) is -0.211. The number of hydrogen-bond acceptors (Lipinski definition) is 7. The molecule has 4 heterocycles. The Balaban J connectivity index is 1.56. The predicted octanol–water partition coefficient (Wildman–Crippen LogP) is 4.32. The van der Waals surface area contributed by atoms with E-state index in [2.05, 4.69) is 30.1 Å². The van der Waals surface area contributed by atoms with Gasteiger partial charge in [-0.25, -0.2) is 27.2 Å². The fourth-order valence-electron chi connectivity index (χ4n) is 3.68. The fraction of sp³-hybridized carbons (Fsp3) is 0.0909. The zero-order valence-corrected chi connectivity index (χ0v) is 19.5. The summed E-state index contributed by atoms with van der Waals surface area (Å²) in [4.78, 5) is 14.4. The van der Waals surface area contributed by atoms with Crippen LogP contribution in [0.25, 0.3) is 33.5 Å². The second-order valence-corrected chi connectivity index (χ2v) is 9.79. The first kappa shape index (κ1) is 22.9. The Bertz CT molecular complexity index is 1670. The number of aromatic amines is 2. The van der Waals surface area contributed by atoms with E-state index in [4.69, 9.17) is 16.3 Å². The van der Waals surface area contributed by atoms with E-state index in [1.807, 2.05) is 0 Å². The number of imidazole rings is 1. The van der Waals surface area contributed by atoms with Crippen molar-refractivity contribution in [3.05, 3.63) is 71.4 Å². The quantitative estimate of drug-likeness (QED) is 0.344. The molecule has 5 rings (SSSR count). The molecule has 0 spiro atoms. The molecule has 0 aliphatic heterocycles. The molecule has 0 amide bonds. The molecule has 0 radical (unpaired) electrons. The maximum absolute atomic E-state index is 15.5. The van der Waals surface area contributed by atoms with Gasteiger partial charge in [-0.05, 0) is 18.2 Å². The maximum atomic E-state index is 15.5. The van der Waals surface area contributed by atoms with Gasteiger partial charge in [-0.3, -0.25) is 10.1 Å². The topological polar surface area (TPSA) is 127 Å². The van der Waals surface area contributed by atoms with Crippen LogP contribution in [0.5, 0.6) is 5.88 Å². The zero-order valence-electron chi connectivity index (χ0n) is 17.9. The lowest BCUT2D eigenvalue weighted by Gasteiger charge is -2.11. The van der Waals surface area contributed by atoms with Crippen LogP contribution >= 0.6 is 11.6 Å². The van der Waals surface area contributed by atoms with E-state index in [-0.39, 0.29) is 32.4 Å². The SMILES string of the molecule is COc1ncc(Cl)cc1S(=O)(=O)Cc1nccc(-c2ccc3c(-c4ncc[nH]4)[nH]nc3c2F)c1F. The van der Waals surface area contributed by atoms with Gasteiger partial charge in [0, 0.05) is 41.3 Å². The lowest BCUT2D eigenvalue weighted by atomic mass is 10.0. The average Bonchev–Trinajstić information content (AvgIpc) is 3.51. The highest BCUT2D eigenvalue weighted by molar-refractivity contribution is 7.90. The normalized spacial score (nSPS) is 11.8. The minimum absolute atomic E-state index is 0.0194. The van der Waals surface area contributed by atoms with E-state index < -0.39 is 32.9 Å². The Labute approximate surface area is 202 Å². The van der Waals surface area contributed by atoms with E-state index in [9.17, 15) is 8.42 Å². The number of hydrogen-bond donors (Lipinski definition) is 2. The number of methoxy groups -OCH3 is 1. The molecule has 0 bridgehead atoms. The van der Waals surface area contributed by atoms with Crippen LogP contribution in [0.1, 0.15) is 5.69 Å². The number of rotatable bonds is 6. The van der Waals surface area contributed by atoms with Crippen molar-refractivity contribution in [2.24, 2.45) is 0 Å². The number of nitrogens with one attached hydrogen (secondary N) is 2. The summed E-state index contributed by atoms with van der Waals surface area (Å²) in [6.07, 6.45) is 5.59. The molecular formula is C22H15ClF2N6O3S. The summed E-state index contributed by atoms with van der Waals surface area (Å²) >= 11 is 5.89. The molecule has 0 aliphatic rings. The van der Waals surface area contributed by atoms with Crippen LogP contribution in [0.3, 0.4) is 0 Å². The summed E-state index contributed by atoms with van der Waals surface area (Å²) in [6, 6.07) is 5.39. The van der Waals surface area contributed by atoms with E-state index in [0.29, 0.717) is 16.9 Å². The number of fused-ring (bicyclic) bond motifs is 1. The van der Waals surface area contributed by atoms with E-state index in [0.717, 1.165) is 6.07 Å². The number of aromatic nitrogens is 6.